The molecule has 20 heavy (non-hydrogen) atoms. The van der Waals surface area contributed by atoms with E-state index >= 15 is 0 Å². The fourth-order valence-electron chi connectivity index (χ4n) is 2.68. The van der Waals surface area contributed by atoms with Gasteiger partial charge >= 0.3 is 0 Å². The van der Waals surface area contributed by atoms with Gasteiger partial charge in [0.05, 0.1) is 11.1 Å². The van der Waals surface area contributed by atoms with Crippen molar-refractivity contribution in [1.82, 2.24) is 5.32 Å². The first-order valence-electron chi connectivity index (χ1n) is 6.70. The number of rotatable bonds is 3. The minimum absolute atomic E-state index is 0.119. The predicted octanol–water partition coefficient (Wildman–Crippen LogP) is 1.96. The number of nitrogens with one attached hydrogen (secondary N) is 1. The van der Waals surface area contributed by atoms with Crippen LogP contribution in [-0.4, -0.2) is 30.5 Å². The van der Waals surface area contributed by atoms with Crippen molar-refractivity contribution >= 4 is 17.5 Å². The first-order valence-corrected chi connectivity index (χ1v) is 7.08. The van der Waals surface area contributed by atoms with Crippen molar-refractivity contribution in [3.63, 3.8) is 0 Å². The average Bonchev–Trinajstić information content (AvgIpc) is 3.05. The number of fused-ring (bicyclic) bond motifs is 1. The lowest BCUT2D eigenvalue weighted by Crippen LogP contribution is -2.32. The molecule has 0 aromatic heterocycles. The third kappa shape index (κ3) is 2.55. The molecule has 3 rings (SSSR count). The number of aliphatic hydroxyl groups is 1. The van der Waals surface area contributed by atoms with Crippen LogP contribution in [0.4, 0.5) is 0 Å². The zero-order valence-electron chi connectivity index (χ0n) is 10.9. The number of hydrogen-bond acceptors (Lipinski definition) is 4. The molecule has 1 amide bonds. The third-order valence-corrected chi connectivity index (χ3v) is 4.11. The molecule has 0 spiro atoms. The lowest BCUT2D eigenvalue weighted by Gasteiger charge is -2.15. The fraction of sp³-hybridized carbons (Fsp3) is 0.500. The van der Waals surface area contributed by atoms with Crippen LogP contribution in [0.1, 0.15) is 29.6 Å². The summed E-state index contributed by atoms with van der Waals surface area (Å²) in [7, 11) is 0. The maximum atomic E-state index is 12.1. The van der Waals surface area contributed by atoms with Gasteiger partial charge in [-0.25, -0.2) is 0 Å². The van der Waals surface area contributed by atoms with Gasteiger partial charge in [-0.1, -0.05) is 18.0 Å². The van der Waals surface area contributed by atoms with Gasteiger partial charge in [0.1, 0.15) is 0 Å². The Labute approximate surface area is 121 Å². The van der Waals surface area contributed by atoms with Gasteiger partial charge in [0, 0.05) is 18.0 Å². The number of hydrogen-bond donors (Lipinski definition) is 2. The van der Waals surface area contributed by atoms with E-state index < -0.39 is 0 Å². The second-order valence-corrected chi connectivity index (χ2v) is 5.57. The van der Waals surface area contributed by atoms with E-state index in [0.717, 1.165) is 19.3 Å². The highest BCUT2D eigenvalue weighted by Crippen LogP contribution is 2.39. The first kappa shape index (κ1) is 13.5. The van der Waals surface area contributed by atoms with Crippen LogP contribution in [0.2, 0.25) is 5.02 Å². The highest BCUT2D eigenvalue weighted by Gasteiger charge is 2.26. The minimum Gasteiger partial charge on any atom is -0.454 e. The van der Waals surface area contributed by atoms with E-state index in [4.69, 9.17) is 21.1 Å². The molecule has 0 radical (unpaired) electrons. The molecule has 1 aliphatic carbocycles. The van der Waals surface area contributed by atoms with E-state index in [1.54, 1.807) is 12.1 Å². The van der Waals surface area contributed by atoms with Crippen molar-refractivity contribution in [2.75, 3.05) is 13.3 Å². The van der Waals surface area contributed by atoms with Crippen LogP contribution in [0.15, 0.2) is 12.1 Å². The van der Waals surface area contributed by atoms with E-state index in [-0.39, 0.29) is 24.7 Å². The molecule has 2 aliphatic rings. The predicted molar refractivity (Wildman–Crippen MR) is 73.3 cm³/mol. The largest absolute Gasteiger partial charge is 0.454 e. The van der Waals surface area contributed by atoms with Crippen molar-refractivity contribution < 1.29 is 19.4 Å². The molecular weight excluding hydrogens is 282 g/mol. The first-order chi connectivity index (χ1) is 9.65. The number of amides is 1. The Bertz CT molecular complexity index is 534. The highest BCUT2D eigenvalue weighted by atomic mass is 35.5. The Morgan fingerprint density at radius 3 is 3.00 bits per heavy atom. The Morgan fingerprint density at radius 1 is 1.40 bits per heavy atom. The summed E-state index contributed by atoms with van der Waals surface area (Å²) in [5, 5.41) is 12.9. The molecular formula is C14H16ClNO4. The quantitative estimate of drug-likeness (QED) is 0.895. The molecule has 2 atom stereocenters. The van der Waals surface area contributed by atoms with Crippen LogP contribution in [0.5, 0.6) is 11.5 Å². The molecule has 1 aromatic carbocycles. The molecule has 1 aromatic rings. The van der Waals surface area contributed by atoms with E-state index in [2.05, 4.69) is 5.32 Å². The average molecular weight is 298 g/mol. The number of aliphatic hydroxyl groups excluding tert-OH is 1. The van der Waals surface area contributed by atoms with Gasteiger partial charge in [-0.2, -0.15) is 0 Å². The zero-order chi connectivity index (χ0) is 14.1. The third-order valence-electron chi connectivity index (χ3n) is 3.83. The SMILES string of the molecule is O=C(NCC1CCCC1O)c1cc(Cl)c2c(c1)OCO2. The lowest BCUT2D eigenvalue weighted by molar-refractivity contribution is 0.0916. The van der Waals surface area contributed by atoms with E-state index in [1.807, 2.05) is 0 Å². The van der Waals surface area contributed by atoms with Crippen molar-refractivity contribution in [3.8, 4) is 11.5 Å². The molecule has 2 N–H and O–H groups in total. The van der Waals surface area contributed by atoms with E-state index in [1.165, 1.54) is 0 Å². The monoisotopic (exact) mass is 297 g/mol. The van der Waals surface area contributed by atoms with Gasteiger partial charge in [0.15, 0.2) is 11.5 Å². The van der Waals surface area contributed by atoms with Gasteiger partial charge < -0.3 is 19.9 Å². The minimum atomic E-state index is -0.310. The molecule has 1 fully saturated rings. The summed E-state index contributed by atoms with van der Waals surface area (Å²) in [4.78, 5) is 12.1. The van der Waals surface area contributed by atoms with Crippen LogP contribution in [0.25, 0.3) is 0 Å². The summed E-state index contributed by atoms with van der Waals surface area (Å²) in [6.07, 6.45) is 2.47. The summed E-state index contributed by atoms with van der Waals surface area (Å²) in [6.45, 7) is 0.598. The van der Waals surface area contributed by atoms with Gasteiger partial charge in [-0.3, -0.25) is 4.79 Å². The summed E-state index contributed by atoms with van der Waals surface area (Å²) < 4.78 is 10.4. The number of halogens is 1. The van der Waals surface area contributed by atoms with Crippen LogP contribution in [0.3, 0.4) is 0 Å². The van der Waals surface area contributed by atoms with Gasteiger partial charge in [0.2, 0.25) is 6.79 Å². The highest BCUT2D eigenvalue weighted by molar-refractivity contribution is 6.32. The Kier molecular flexibility index (Phi) is 3.72. The van der Waals surface area contributed by atoms with Crippen LogP contribution in [0, 0.1) is 5.92 Å². The Hall–Kier alpha value is -1.46. The topological polar surface area (TPSA) is 67.8 Å². The molecule has 5 nitrogen and oxygen atoms in total. The lowest BCUT2D eigenvalue weighted by atomic mass is 10.1. The van der Waals surface area contributed by atoms with Gasteiger partial charge in [-0.15, -0.1) is 0 Å². The molecule has 1 aliphatic heterocycles. The van der Waals surface area contributed by atoms with Crippen molar-refractivity contribution in [2.45, 2.75) is 25.4 Å². The normalized spacial score (nSPS) is 23.9. The zero-order valence-corrected chi connectivity index (χ0v) is 11.7. The maximum absolute atomic E-state index is 12.1. The molecule has 0 saturated heterocycles. The van der Waals surface area contributed by atoms with Crippen LogP contribution in [-0.2, 0) is 0 Å². The standard InChI is InChI=1S/C14H16ClNO4/c15-10-4-9(5-12-13(10)20-7-19-12)14(18)16-6-8-2-1-3-11(8)17/h4-5,8,11,17H,1-3,6-7H2,(H,16,18). The van der Waals surface area contributed by atoms with E-state index in [9.17, 15) is 9.90 Å². The van der Waals surface area contributed by atoms with Crippen molar-refractivity contribution in [3.05, 3.63) is 22.7 Å². The summed E-state index contributed by atoms with van der Waals surface area (Å²) in [5.74, 6) is 0.894. The summed E-state index contributed by atoms with van der Waals surface area (Å²) in [5.41, 5.74) is 0.437. The molecule has 2 unspecified atom stereocenters. The van der Waals surface area contributed by atoms with Crippen LogP contribution >= 0.6 is 11.6 Å². The number of benzene rings is 1. The molecule has 0 bridgehead atoms. The number of carbonyl (C=O) groups excluding carboxylic acids is 1. The number of carbonyl (C=O) groups is 1. The van der Waals surface area contributed by atoms with Gasteiger partial charge in [0.25, 0.3) is 5.91 Å². The smallest absolute Gasteiger partial charge is 0.251 e. The molecule has 108 valence electrons. The van der Waals surface area contributed by atoms with Gasteiger partial charge in [-0.05, 0) is 25.0 Å². The van der Waals surface area contributed by atoms with E-state index in [0.29, 0.717) is 28.6 Å². The summed E-state index contributed by atoms with van der Waals surface area (Å²) >= 11 is 6.04. The molecule has 6 heteroatoms. The Balaban J connectivity index is 1.67. The summed E-state index contributed by atoms with van der Waals surface area (Å²) in [6, 6.07) is 3.18. The second kappa shape index (κ2) is 5.50. The number of ether oxygens (including phenoxy) is 2. The second-order valence-electron chi connectivity index (χ2n) is 5.16. The maximum Gasteiger partial charge on any atom is 0.251 e. The molecule has 1 saturated carbocycles. The van der Waals surface area contributed by atoms with Crippen molar-refractivity contribution in [1.29, 1.82) is 0 Å². The molecule has 1 heterocycles. The Morgan fingerprint density at radius 2 is 2.25 bits per heavy atom. The van der Waals surface area contributed by atoms with Crippen LogP contribution < -0.4 is 14.8 Å². The van der Waals surface area contributed by atoms with Crippen molar-refractivity contribution in [2.24, 2.45) is 5.92 Å². The fourth-order valence-corrected chi connectivity index (χ4v) is 2.94.